The van der Waals surface area contributed by atoms with Gasteiger partial charge >= 0.3 is 0 Å². The van der Waals surface area contributed by atoms with Gasteiger partial charge in [-0.05, 0) is 19.3 Å². The third-order valence-electron chi connectivity index (χ3n) is 0.866. The fourth-order valence-corrected chi connectivity index (χ4v) is 0.450. The van der Waals surface area contributed by atoms with Gasteiger partial charge in [0.25, 0.3) is 0 Å². The van der Waals surface area contributed by atoms with Crippen molar-refractivity contribution in [3.05, 3.63) is 12.8 Å². The number of nitrogens with one attached hydrogen (secondary N) is 1. The standard InChI is InChI=1S/C7H13N3/c1-4-6-10-7(8-3)9-5-2/h5H,2-4,6H2,1H3,(H,9,10). The molecule has 0 aliphatic heterocycles. The van der Waals surface area contributed by atoms with Crippen molar-refractivity contribution in [1.82, 2.24) is 5.32 Å². The molecule has 1 N–H and O–H groups in total. The van der Waals surface area contributed by atoms with Crippen LogP contribution in [-0.2, 0) is 0 Å². The highest BCUT2D eigenvalue weighted by Crippen LogP contribution is 1.80. The van der Waals surface area contributed by atoms with Crippen LogP contribution in [0.15, 0.2) is 22.8 Å². The molecule has 0 bridgehead atoms. The Morgan fingerprint density at radius 3 is 2.80 bits per heavy atom. The lowest BCUT2D eigenvalue weighted by Gasteiger charge is -1.96. The van der Waals surface area contributed by atoms with Gasteiger partial charge in [0.2, 0.25) is 5.96 Å². The second-order valence-corrected chi connectivity index (χ2v) is 1.71. The fourth-order valence-electron chi connectivity index (χ4n) is 0.450. The smallest absolute Gasteiger partial charge is 0.221 e. The number of guanidine groups is 1. The third-order valence-corrected chi connectivity index (χ3v) is 0.866. The van der Waals surface area contributed by atoms with Crippen LogP contribution in [0.3, 0.4) is 0 Å². The van der Waals surface area contributed by atoms with Crippen LogP contribution < -0.4 is 5.32 Å². The number of hydrogen-bond acceptors (Lipinski definition) is 1. The second kappa shape index (κ2) is 6.01. The fraction of sp³-hybridized carbons (Fsp3) is 0.429. The highest BCUT2D eigenvalue weighted by Gasteiger charge is 1.85. The summed E-state index contributed by atoms with van der Waals surface area (Å²) in [6.45, 7) is 9.64. The molecule has 0 aromatic carbocycles. The summed E-state index contributed by atoms with van der Waals surface area (Å²) in [5.74, 6) is 0.539. The van der Waals surface area contributed by atoms with Gasteiger partial charge in [0.05, 0.1) is 0 Å². The molecule has 56 valence electrons. The summed E-state index contributed by atoms with van der Waals surface area (Å²) in [7, 11) is 0. The molecule has 0 saturated carbocycles. The van der Waals surface area contributed by atoms with Crippen molar-refractivity contribution >= 4 is 12.7 Å². The van der Waals surface area contributed by atoms with Gasteiger partial charge in [0.1, 0.15) is 0 Å². The predicted octanol–water partition coefficient (Wildman–Crippen LogP) is 1.19. The van der Waals surface area contributed by atoms with E-state index in [1.165, 1.54) is 6.20 Å². The maximum atomic E-state index is 4.06. The molecule has 0 aliphatic carbocycles. The van der Waals surface area contributed by atoms with Crippen molar-refractivity contribution < 1.29 is 0 Å². The van der Waals surface area contributed by atoms with E-state index in [4.69, 9.17) is 0 Å². The van der Waals surface area contributed by atoms with Crippen molar-refractivity contribution in [2.24, 2.45) is 9.98 Å². The van der Waals surface area contributed by atoms with Gasteiger partial charge in [-0.1, -0.05) is 13.5 Å². The first-order valence-corrected chi connectivity index (χ1v) is 3.23. The molecule has 0 spiro atoms. The summed E-state index contributed by atoms with van der Waals surface area (Å²) in [4.78, 5) is 7.69. The quantitative estimate of drug-likeness (QED) is 0.462. The number of aliphatic imine (C=N–C) groups is 2. The average Bonchev–Trinajstić information content (AvgIpc) is 1.98. The van der Waals surface area contributed by atoms with Gasteiger partial charge in [0, 0.05) is 6.54 Å². The van der Waals surface area contributed by atoms with E-state index in [0.29, 0.717) is 5.96 Å². The van der Waals surface area contributed by atoms with E-state index in [1.54, 1.807) is 0 Å². The summed E-state index contributed by atoms with van der Waals surface area (Å²) in [5, 5.41) is 2.75. The highest BCUT2D eigenvalue weighted by molar-refractivity contribution is 5.84. The van der Waals surface area contributed by atoms with Crippen molar-refractivity contribution in [1.29, 1.82) is 0 Å². The van der Waals surface area contributed by atoms with Crippen LogP contribution in [0.5, 0.6) is 0 Å². The molecular weight excluding hydrogens is 126 g/mol. The molecule has 0 radical (unpaired) electrons. The van der Waals surface area contributed by atoms with Gasteiger partial charge in [0.15, 0.2) is 0 Å². The van der Waals surface area contributed by atoms with E-state index in [-0.39, 0.29) is 0 Å². The van der Waals surface area contributed by atoms with E-state index in [1.807, 2.05) is 0 Å². The second-order valence-electron chi connectivity index (χ2n) is 1.71. The van der Waals surface area contributed by atoms with Crippen molar-refractivity contribution in [3.8, 4) is 0 Å². The maximum Gasteiger partial charge on any atom is 0.221 e. The molecule has 0 saturated heterocycles. The Balaban J connectivity index is 3.77. The van der Waals surface area contributed by atoms with E-state index in [2.05, 4.69) is 35.5 Å². The molecule has 0 rings (SSSR count). The Kier molecular flexibility index (Phi) is 5.33. The van der Waals surface area contributed by atoms with Crippen molar-refractivity contribution in [2.45, 2.75) is 13.3 Å². The van der Waals surface area contributed by atoms with Gasteiger partial charge in [-0.15, -0.1) is 0 Å². The summed E-state index contributed by atoms with van der Waals surface area (Å²) in [5.41, 5.74) is 0. The van der Waals surface area contributed by atoms with Gasteiger partial charge < -0.3 is 5.32 Å². The van der Waals surface area contributed by atoms with Crippen LogP contribution in [0.4, 0.5) is 0 Å². The lowest BCUT2D eigenvalue weighted by Crippen LogP contribution is -2.14. The molecule has 3 heteroatoms. The lowest BCUT2D eigenvalue weighted by atomic mass is 10.5. The van der Waals surface area contributed by atoms with Crippen molar-refractivity contribution in [3.63, 3.8) is 0 Å². The van der Waals surface area contributed by atoms with Gasteiger partial charge in [-0.25, -0.2) is 4.99 Å². The summed E-state index contributed by atoms with van der Waals surface area (Å²) >= 11 is 0. The Bertz CT molecular complexity index is 138. The topological polar surface area (TPSA) is 36.8 Å². The number of hydrogen-bond donors (Lipinski definition) is 1. The SMILES string of the molecule is C=CNC(N=C)=NCCC. The largest absolute Gasteiger partial charge is 0.332 e. The molecule has 0 unspecified atom stereocenters. The van der Waals surface area contributed by atoms with E-state index in [9.17, 15) is 0 Å². The zero-order valence-corrected chi connectivity index (χ0v) is 6.30. The average molecular weight is 139 g/mol. The highest BCUT2D eigenvalue weighted by atomic mass is 15.1. The van der Waals surface area contributed by atoms with E-state index < -0.39 is 0 Å². The molecule has 0 aromatic rings. The Hall–Kier alpha value is -1.12. The maximum absolute atomic E-state index is 4.06. The Morgan fingerprint density at radius 2 is 2.40 bits per heavy atom. The minimum atomic E-state index is 0.539. The molecule has 10 heavy (non-hydrogen) atoms. The van der Waals surface area contributed by atoms with E-state index >= 15 is 0 Å². The number of rotatable bonds is 3. The summed E-state index contributed by atoms with van der Waals surface area (Å²) < 4.78 is 0. The molecule has 0 amide bonds. The summed E-state index contributed by atoms with van der Waals surface area (Å²) in [6, 6.07) is 0. The predicted molar refractivity (Wildman–Crippen MR) is 45.5 cm³/mol. The molecule has 0 fully saturated rings. The van der Waals surface area contributed by atoms with Crippen LogP contribution in [-0.4, -0.2) is 19.2 Å². The van der Waals surface area contributed by atoms with Crippen molar-refractivity contribution in [2.75, 3.05) is 6.54 Å². The first-order chi connectivity index (χ1) is 4.85. The Labute approximate surface area is 61.6 Å². The van der Waals surface area contributed by atoms with Gasteiger partial charge in [-0.3, -0.25) is 4.99 Å². The molecule has 0 aromatic heterocycles. The van der Waals surface area contributed by atoms with Crippen LogP contribution in [0.1, 0.15) is 13.3 Å². The molecular formula is C7H13N3. The summed E-state index contributed by atoms with van der Waals surface area (Å²) in [6.07, 6.45) is 2.54. The monoisotopic (exact) mass is 139 g/mol. The zero-order valence-electron chi connectivity index (χ0n) is 6.30. The van der Waals surface area contributed by atoms with Gasteiger partial charge in [-0.2, -0.15) is 0 Å². The molecule has 3 nitrogen and oxygen atoms in total. The molecule has 0 heterocycles. The lowest BCUT2D eigenvalue weighted by molar-refractivity contribution is 0.920. The molecule has 0 aliphatic rings. The van der Waals surface area contributed by atoms with Crippen LogP contribution >= 0.6 is 0 Å². The van der Waals surface area contributed by atoms with Crippen LogP contribution in [0, 0.1) is 0 Å². The van der Waals surface area contributed by atoms with Crippen LogP contribution in [0.2, 0.25) is 0 Å². The normalized spacial score (nSPS) is 10.7. The number of nitrogens with zero attached hydrogens (tertiary/aromatic N) is 2. The Morgan fingerprint density at radius 1 is 1.70 bits per heavy atom. The third kappa shape index (κ3) is 3.83. The minimum absolute atomic E-state index is 0.539. The minimum Gasteiger partial charge on any atom is -0.332 e. The molecule has 0 atom stereocenters. The van der Waals surface area contributed by atoms with Crippen LogP contribution in [0.25, 0.3) is 0 Å². The van der Waals surface area contributed by atoms with E-state index in [0.717, 1.165) is 13.0 Å². The zero-order chi connectivity index (χ0) is 7.82. The first kappa shape index (κ1) is 8.88. The first-order valence-electron chi connectivity index (χ1n) is 3.23.